The Hall–Kier alpha value is -4.27. The van der Waals surface area contributed by atoms with Crippen molar-refractivity contribution in [3.63, 3.8) is 0 Å². The molecule has 2 amide bonds. The third-order valence-electron chi connectivity index (χ3n) is 6.72. The van der Waals surface area contributed by atoms with E-state index in [0.717, 1.165) is 25.7 Å². The Balaban J connectivity index is 1.69. The summed E-state index contributed by atoms with van der Waals surface area (Å²) in [6, 6.07) is 12.1. The number of carbonyl (C=O) groups excluding carboxylic acids is 3. The van der Waals surface area contributed by atoms with Crippen molar-refractivity contribution in [2.24, 2.45) is 0 Å². The molecule has 0 saturated heterocycles. The van der Waals surface area contributed by atoms with Crippen LogP contribution in [0.15, 0.2) is 59.2 Å². The highest BCUT2D eigenvalue weighted by molar-refractivity contribution is 6.13. The molecule has 192 valence electrons. The number of nitrogens with zero attached hydrogens (tertiary/aromatic N) is 1. The normalized spacial score (nSPS) is 15.3. The molecule has 1 aliphatic carbocycles. The number of carbonyl (C=O) groups is 3. The molecule has 0 unspecified atom stereocenters. The van der Waals surface area contributed by atoms with Crippen LogP contribution in [0.5, 0.6) is 17.2 Å². The van der Waals surface area contributed by atoms with E-state index in [4.69, 9.17) is 18.6 Å². The lowest BCUT2D eigenvalue weighted by Crippen LogP contribution is -2.46. The predicted molar refractivity (Wildman–Crippen MR) is 134 cm³/mol. The van der Waals surface area contributed by atoms with Gasteiger partial charge in [0, 0.05) is 17.7 Å². The Labute approximate surface area is 214 Å². The summed E-state index contributed by atoms with van der Waals surface area (Å²) < 4.78 is 21.8. The largest absolute Gasteiger partial charge is 0.497 e. The quantitative estimate of drug-likeness (QED) is 0.444. The minimum atomic E-state index is -1.11. The number of benzene rings is 2. The van der Waals surface area contributed by atoms with Crippen LogP contribution in [-0.4, -0.2) is 37.5 Å². The van der Waals surface area contributed by atoms with Crippen molar-refractivity contribution >= 4 is 23.3 Å². The van der Waals surface area contributed by atoms with Crippen LogP contribution in [0.3, 0.4) is 0 Å². The minimum absolute atomic E-state index is 0.00760. The van der Waals surface area contributed by atoms with Crippen molar-refractivity contribution in [2.45, 2.75) is 44.7 Å². The van der Waals surface area contributed by atoms with Gasteiger partial charge in [0.2, 0.25) is 12.7 Å². The van der Waals surface area contributed by atoms with E-state index >= 15 is 0 Å². The summed E-state index contributed by atoms with van der Waals surface area (Å²) in [5.41, 5.74) is 0.986. The predicted octanol–water partition coefficient (Wildman–Crippen LogP) is 4.67. The second-order valence-corrected chi connectivity index (χ2v) is 9.10. The van der Waals surface area contributed by atoms with E-state index < -0.39 is 11.9 Å². The second-order valence-electron chi connectivity index (χ2n) is 9.10. The molecule has 0 spiro atoms. The lowest BCUT2D eigenvalue weighted by Gasteiger charge is -2.33. The Morgan fingerprint density at radius 2 is 1.73 bits per heavy atom. The maximum atomic E-state index is 14.0. The molecule has 9 nitrogen and oxygen atoms in total. The number of hydrogen-bond acceptors (Lipinski definition) is 7. The number of methoxy groups -OCH3 is 1. The number of rotatable bonds is 8. The first kappa shape index (κ1) is 24.4. The van der Waals surface area contributed by atoms with Gasteiger partial charge in [-0.1, -0.05) is 25.0 Å². The summed E-state index contributed by atoms with van der Waals surface area (Å²) in [6.45, 7) is 1.39. The van der Waals surface area contributed by atoms with Gasteiger partial charge in [0.15, 0.2) is 23.0 Å². The number of ether oxygens (including phenoxy) is 3. The zero-order valence-corrected chi connectivity index (χ0v) is 20.7. The summed E-state index contributed by atoms with van der Waals surface area (Å²) in [5.74, 6) is 0.181. The summed E-state index contributed by atoms with van der Waals surface area (Å²) >= 11 is 0. The fourth-order valence-electron chi connectivity index (χ4n) is 4.85. The van der Waals surface area contributed by atoms with Gasteiger partial charge in [-0.05, 0) is 55.7 Å². The number of amides is 2. The molecule has 1 saturated carbocycles. The first-order valence-electron chi connectivity index (χ1n) is 12.2. The Kier molecular flexibility index (Phi) is 6.85. The Bertz CT molecular complexity index is 1290. The average Bonchev–Trinajstić information content (AvgIpc) is 3.69. The fraction of sp³-hybridized carbons (Fsp3) is 0.321. The van der Waals surface area contributed by atoms with Gasteiger partial charge in [-0.2, -0.15) is 0 Å². The standard InChI is InChI=1S/C28H28N2O7/c1-17(31)21-14-24-25(37-16-36-24)15-22(21)30(28(33)23-8-5-13-35-23)26(18-9-11-20(34-2)12-10-18)27(32)29-19-6-3-4-7-19/h5,8-15,19,26H,3-4,6-7,16H2,1-2H3,(H,29,32)/t26-/m1/s1. The molecule has 1 aromatic heterocycles. The maximum absolute atomic E-state index is 14.0. The molecule has 9 heteroatoms. The van der Waals surface area contributed by atoms with E-state index in [1.54, 1.807) is 49.6 Å². The number of furan rings is 1. The zero-order valence-electron chi connectivity index (χ0n) is 20.7. The molecule has 2 heterocycles. The van der Waals surface area contributed by atoms with Gasteiger partial charge in [-0.3, -0.25) is 19.3 Å². The van der Waals surface area contributed by atoms with Gasteiger partial charge in [0.1, 0.15) is 11.8 Å². The molecular weight excluding hydrogens is 476 g/mol. The van der Waals surface area contributed by atoms with Crippen LogP contribution in [-0.2, 0) is 4.79 Å². The van der Waals surface area contributed by atoms with Crippen molar-refractivity contribution in [1.29, 1.82) is 0 Å². The summed E-state index contributed by atoms with van der Waals surface area (Å²) in [4.78, 5) is 42.1. The van der Waals surface area contributed by atoms with Crippen molar-refractivity contribution in [3.05, 3.63) is 71.7 Å². The molecular formula is C28H28N2O7. The first-order valence-corrected chi connectivity index (χ1v) is 12.2. The van der Waals surface area contributed by atoms with E-state index in [-0.39, 0.29) is 41.5 Å². The van der Waals surface area contributed by atoms with Crippen molar-refractivity contribution in [3.8, 4) is 17.2 Å². The van der Waals surface area contributed by atoms with Crippen LogP contribution < -0.4 is 24.4 Å². The van der Waals surface area contributed by atoms with Crippen molar-refractivity contribution in [1.82, 2.24) is 5.32 Å². The van der Waals surface area contributed by atoms with E-state index in [2.05, 4.69) is 5.32 Å². The van der Waals surface area contributed by atoms with Crippen LogP contribution in [0.2, 0.25) is 0 Å². The molecule has 5 rings (SSSR count). The summed E-state index contributed by atoms with van der Waals surface area (Å²) in [6.07, 6.45) is 5.19. The highest BCUT2D eigenvalue weighted by Crippen LogP contribution is 2.42. The number of fused-ring (bicyclic) bond motifs is 1. The number of Topliss-reactive ketones (excluding diaryl/α,β-unsaturated/α-hetero) is 1. The van der Waals surface area contributed by atoms with Crippen LogP contribution in [0, 0.1) is 0 Å². The molecule has 1 aliphatic heterocycles. The molecule has 1 N–H and O–H groups in total. The van der Waals surface area contributed by atoms with E-state index in [1.165, 1.54) is 24.2 Å². The third kappa shape index (κ3) is 4.89. The molecule has 2 aliphatic rings. The van der Waals surface area contributed by atoms with Crippen LogP contribution in [0.25, 0.3) is 0 Å². The van der Waals surface area contributed by atoms with Crippen LogP contribution >= 0.6 is 0 Å². The van der Waals surface area contributed by atoms with E-state index in [9.17, 15) is 14.4 Å². The molecule has 0 bridgehead atoms. The van der Waals surface area contributed by atoms with Gasteiger partial charge in [0.25, 0.3) is 5.91 Å². The third-order valence-corrected chi connectivity index (χ3v) is 6.72. The minimum Gasteiger partial charge on any atom is -0.497 e. The molecule has 3 aromatic rings. The first-order chi connectivity index (χ1) is 18.0. The number of nitrogens with one attached hydrogen (secondary N) is 1. The number of ketones is 1. The topological polar surface area (TPSA) is 107 Å². The summed E-state index contributed by atoms with van der Waals surface area (Å²) in [5, 5.41) is 3.12. The van der Waals surface area contributed by atoms with Gasteiger partial charge >= 0.3 is 0 Å². The lowest BCUT2D eigenvalue weighted by atomic mass is 9.99. The van der Waals surface area contributed by atoms with Crippen LogP contribution in [0.1, 0.15) is 65.1 Å². The highest BCUT2D eigenvalue weighted by atomic mass is 16.7. The smallest absolute Gasteiger partial charge is 0.294 e. The fourth-order valence-corrected chi connectivity index (χ4v) is 4.85. The van der Waals surface area contributed by atoms with Gasteiger partial charge < -0.3 is 23.9 Å². The van der Waals surface area contributed by atoms with Gasteiger partial charge in [-0.15, -0.1) is 0 Å². The number of hydrogen-bond donors (Lipinski definition) is 1. The van der Waals surface area contributed by atoms with Crippen molar-refractivity contribution < 1.29 is 33.0 Å². The van der Waals surface area contributed by atoms with E-state index in [0.29, 0.717) is 22.8 Å². The summed E-state index contributed by atoms with van der Waals surface area (Å²) in [7, 11) is 1.55. The van der Waals surface area contributed by atoms with Crippen LogP contribution in [0.4, 0.5) is 5.69 Å². The lowest BCUT2D eigenvalue weighted by molar-refractivity contribution is -0.123. The zero-order chi connectivity index (χ0) is 25.9. The molecule has 2 aromatic carbocycles. The number of anilines is 1. The monoisotopic (exact) mass is 504 g/mol. The van der Waals surface area contributed by atoms with Gasteiger partial charge in [0.05, 0.1) is 19.1 Å². The molecule has 37 heavy (non-hydrogen) atoms. The SMILES string of the molecule is COc1ccc([C@H](C(=O)NC2CCCC2)N(C(=O)c2ccco2)c2cc3c(cc2C(C)=O)OCO3)cc1. The average molecular weight is 505 g/mol. The second kappa shape index (κ2) is 10.4. The molecule has 1 fully saturated rings. The molecule has 1 atom stereocenters. The Morgan fingerprint density at radius 3 is 2.35 bits per heavy atom. The Morgan fingerprint density at radius 1 is 1.03 bits per heavy atom. The van der Waals surface area contributed by atoms with Gasteiger partial charge in [-0.25, -0.2) is 0 Å². The maximum Gasteiger partial charge on any atom is 0.294 e. The highest BCUT2D eigenvalue weighted by Gasteiger charge is 2.38. The van der Waals surface area contributed by atoms with E-state index in [1.807, 2.05) is 0 Å². The molecule has 0 radical (unpaired) electrons. The van der Waals surface area contributed by atoms with Crippen molar-refractivity contribution in [2.75, 3.05) is 18.8 Å².